The normalized spacial score (nSPS) is 25.0. The van der Waals surface area contributed by atoms with Crippen LogP contribution in [0, 0.1) is 11.8 Å². The summed E-state index contributed by atoms with van der Waals surface area (Å²) in [5, 5.41) is 0. The number of hydrogen-bond donors (Lipinski definition) is 1. The lowest BCUT2D eigenvalue weighted by atomic mass is 9.87. The molecule has 5 nitrogen and oxygen atoms in total. The number of aromatic nitrogens is 2. The van der Waals surface area contributed by atoms with Crippen molar-refractivity contribution in [3.8, 4) is 0 Å². The van der Waals surface area contributed by atoms with E-state index in [1.165, 1.54) is 0 Å². The number of likely N-dealkylation sites (tertiary alicyclic amines) is 1. The maximum absolute atomic E-state index is 12.3. The quantitative estimate of drug-likeness (QED) is 0.812. The number of nitrogens with two attached hydrogens (primary N) is 1. The van der Waals surface area contributed by atoms with E-state index >= 15 is 0 Å². The van der Waals surface area contributed by atoms with Crippen molar-refractivity contribution in [2.45, 2.75) is 13.3 Å². The molecule has 5 heteroatoms. The summed E-state index contributed by atoms with van der Waals surface area (Å²) in [7, 11) is 1.84. The number of nitrogens with zero attached hydrogens (tertiary/aromatic N) is 3. The zero-order valence-electron chi connectivity index (χ0n) is 10.5. The maximum Gasteiger partial charge on any atom is 0.289 e. The van der Waals surface area contributed by atoms with E-state index in [2.05, 4.69) is 11.9 Å². The second-order valence-electron chi connectivity index (χ2n) is 4.87. The molecule has 2 unspecified atom stereocenters. The summed E-state index contributed by atoms with van der Waals surface area (Å²) in [6.07, 6.45) is 4.47. The van der Waals surface area contributed by atoms with Crippen LogP contribution in [-0.2, 0) is 7.05 Å². The van der Waals surface area contributed by atoms with Crippen molar-refractivity contribution in [2.75, 3.05) is 19.6 Å². The van der Waals surface area contributed by atoms with Crippen LogP contribution in [0.4, 0.5) is 0 Å². The van der Waals surface area contributed by atoms with Crippen LogP contribution in [0.5, 0.6) is 0 Å². The van der Waals surface area contributed by atoms with E-state index in [1.807, 2.05) is 11.9 Å². The molecule has 17 heavy (non-hydrogen) atoms. The Morgan fingerprint density at radius 2 is 2.41 bits per heavy atom. The number of imidazole rings is 1. The number of amides is 1. The van der Waals surface area contributed by atoms with Crippen LogP contribution in [-0.4, -0.2) is 40.0 Å². The average molecular weight is 236 g/mol. The first kappa shape index (κ1) is 12.1. The first-order valence-corrected chi connectivity index (χ1v) is 6.10. The summed E-state index contributed by atoms with van der Waals surface area (Å²) in [5.41, 5.74) is 5.75. The van der Waals surface area contributed by atoms with Crippen LogP contribution in [0.1, 0.15) is 24.0 Å². The Balaban J connectivity index is 2.09. The molecule has 0 aliphatic carbocycles. The lowest BCUT2D eigenvalue weighted by Gasteiger charge is -2.36. The number of piperidine rings is 1. The van der Waals surface area contributed by atoms with Gasteiger partial charge in [0.1, 0.15) is 0 Å². The molecule has 0 spiro atoms. The van der Waals surface area contributed by atoms with Crippen molar-refractivity contribution in [2.24, 2.45) is 24.6 Å². The number of aryl methyl sites for hydroxylation is 1. The molecular formula is C12H20N4O. The van der Waals surface area contributed by atoms with Crippen LogP contribution < -0.4 is 5.73 Å². The molecule has 0 bridgehead atoms. The minimum atomic E-state index is 0.0165. The standard InChI is InChI=1S/C12H20N4O/c1-9-3-5-16(8-10(9)7-13)12(17)11-14-4-6-15(11)2/h4,6,9-10H,3,5,7-8,13H2,1-2H3. The van der Waals surface area contributed by atoms with Gasteiger partial charge in [0.15, 0.2) is 5.82 Å². The lowest BCUT2D eigenvalue weighted by Crippen LogP contribution is -2.46. The average Bonchev–Trinajstić information content (AvgIpc) is 2.75. The molecule has 1 aromatic rings. The topological polar surface area (TPSA) is 64.2 Å². The highest BCUT2D eigenvalue weighted by atomic mass is 16.2. The highest BCUT2D eigenvalue weighted by Gasteiger charge is 2.29. The second-order valence-corrected chi connectivity index (χ2v) is 4.87. The minimum absolute atomic E-state index is 0.0165. The molecule has 1 saturated heterocycles. The van der Waals surface area contributed by atoms with Gasteiger partial charge in [0.05, 0.1) is 0 Å². The van der Waals surface area contributed by atoms with E-state index in [0.29, 0.717) is 24.2 Å². The Morgan fingerprint density at radius 3 is 3.00 bits per heavy atom. The van der Waals surface area contributed by atoms with E-state index in [9.17, 15) is 4.79 Å². The molecule has 1 amide bonds. The monoisotopic (exact) mass is 236 g/mol. The molecule has 1 aliphatic rings. The summed E-state index contributed by atoms with van der Waals surface area (Å²) >= 11 is 0. The number of carbonyl (C=O) groups is 1. The summed E-state index contributed by atoms with van der Waals surface area (Å²) < 4.78 is 1.76. The predicted octanol–water partition coefficient (Wildman–Crippen LogP) is 0.477. The summed E-state index contributed by atoms with van der Waals surface area (Å²) in [6, 6.07) is 0. The molecule has 0 aromatic carbocycles. The van der Waals surface area contributed by atoms with E-state index < -0.39 is 0 Å². The van der Waals surface area contributed by atoms with Crippen molar-refractivity contribution in [1.29, 1.82) is 0 Å². The summed E-state index contributed by atoms with van der Waals surface area (Å²) in [4.78, 5) is 18.2. The fourth-order valence-corrected chi connectivity index (χ4v) is 2.35. The Morgan fingerprint density at radius 1 is 1.65 bits per heavy atom. The van der Waals surface area contributed by atoms with E-state index in [4.69, 9.17) is 5.73 Å². The van der Waals surface area contributed by atoms with Gasteiger partial charge in [-0.2, -0.15) is 0 Å². The van der Waals surface area contributed by atoms with Crippen molar-refractivity contribution >= 4 is 5.91 Å². The van der Waals surface area contributed by atoms with Crippen LogP contribution >= 0.6 is 0 Å². The van der Waals surface area contributed by atoms with Crippen LogP contribution in [0.2, 0.25) is 0 Å². The van der Waals surface area contributed by atoms with Crippen molar-refractivity contribution in [3.05, 3.63) is 18.2 Å². The lowest BCUT2D eigenvalue weighted by molar-refractivity contribution is 0.0603. The predicted molar refractivity (Wildman–Crippen MR) is 65.4 cm³/mol. The van der Waals surface area contributed by atoms with Gasteiger partial charge in [-0.25, -0.2) is 4.98 Å². The van der Waals surface area contributed by atoms with Crippen LogP contribution in [0.3, 0.4) is 0 Å². The van der Waals surface area contributed by atoms with E-state index in [-0.39, 0.29) is 5.91 Å². The molecule has 2 heterocycles. The Labute approximate surface area is 102 Å². The third-order valence-corrected chi connectivity index (χ3v) is 3.72. The summed E-state index contributed by atoms with van der Waals surface area (Å²) in [5.74, 6) is 1.54. The van der Waals surface area contributed by atoms with Crippen LogP contribution in [0.15, 0.2) is 12.4 Å². The van der Waals surface area contributed by atoms with Gasteiger partial charge in [0.25, 0.3) is 5.91 Å². The molecule has 2 rings (SSSR count). The van der Waals surface area contributed by atoms with Gasteiger partial charge in [-0.3, -0.25) is 4.79 Å². The molecule has 1 aliphatic heterocycles. The number of rotatable bonds is 2. The fourth-order valence-electron chi connectivity index (χ4n) is 2.35. The SMILES string of the molecule is CC1CCN(C(=O)c2nccn2C)CC1CN. The molecule has 1 aromatic heterocycles. The Kier molecular flexibility index (Phi) is 3.47. The molecule has 2 N–H and O–H groups in total. The van der Waals surface area contributed by atoms with Gasteiger partial charge in [0.2, 0.25) is 0 Å². The zero-order valence-corrected chi connectivity index (χ0v) is 10.5. The molecular weight excluding hydrogens is 216 g/mol. The van der Waals surface area contributed by atoms with Gasteiger partial charge in [-0.15, -0.1) is 0 Å². The molecule has 0 radical (unpaired) electrons. The Hall–Kier alpha value is -1.36. The largest absolute Gasteiger partial charge is 0.336 e. The smallest absolute Gasteiger partial charge is 0.289 e. The van der Waals surface area contributed by atoms with Gasteiger partial charge in [-0.05, 0) is 24.8 Å². The molecule has 0 saturated carbocycles. The molecule has 2 atom stereocenters. The minimum Gasteiger partial charge on any atom is -0.336 e. The van der Waals surface area contributed by atoms with Gasteiger partial charge in [0, 0.05) is 32.5 Å². The fraction of sp³-hybridized carbons (Fsp3) is 0.667. The first-order chi connectivity index (χ1) is 8.13. The van der Waals surface area contributed by atoms with E-state index in [1.54, 1.807) is 17.0 Å². The van der Waals surface area contributed by atoms with Crippen molar-refractivity contribution in [1.82, 2.24) is 14.5 Å². The highest BCUT2D eigenvalue weighted by Crippen LogP contribution is 2.23. The Bertz CT molecular complexity index is 401. The number of hydrogen-bond acceptors (Lipinski definition) is 3. The molecule has 94 valence electrons. The number of carbonyl (C=O) groups excluding carboxylic acids is 1. The third kappa shape index (κ3) is 2.34. The summed E-state index contributed by atoms with van der Waals surface area (Å²) in [6.45, 7) is 4.42. The third-order valence-electron chi connectivity index (χ3n) is 3.72. The second kappa shape index (κ2) is 4.87. The van der Waals surface area contributed by atoms with Gasteiger partial charge in [-0.1, -0.05) is 6.92 Å². The van der Waals surface area contributed by atoms with Crippen molar-refractivity contribution in [3.63, 3.8) is 0 Å². The maximum atomic E-state index is 12.3. The van der Waals surface area contributed by atoms with Crippen LogP contribution in [0.25, 0.3) is 0 Å². The van der Waals surface area contributed by atoms with E-state index in [0.717, 1.165) is 19.5 Å². The molecule has 1 fully saturated rings. The van der Waals surface area contributed by atoms with Gasteiger partial charge < -0.3 is 15.2 Å². The van der Waals surface area contributed by atoms with Gasteiger partial charge >= 0.3 is 0 Å². The first-order valence-electron chi connectivity index (χ1n) is 6.10. The van der Waals surface area contributed by atoms with Crippen molar-refractivity contribution < 1.29 is 4.79 Å². The zero-order chi connectivity index (χ0) is 12.4. The highest BCUT2D eigenvalue weighted by molar-refractivity contribution is 5.90.